The standard InChI is InChI=1S/C28H33Cl2N3O2/c1-4-18(3)26-28(35)33(17-25(34)32-15-9-8-10-20(32)5-2)24-14-13-19(29)16-22(24)27(31-26)21-11-6-7-12-23(21)30/h6-7,11-14,16,18,20,26H,4-5,8-10,15,17H2,1-3H3/t18-,20-,26-/m0/s1. The van der Waals surface area contributed by atoms with Crippen molar-refractivity contribution in [1.29, 1.82) is 0 Å². The Morgan fingerprint density at radius 1 is 1.11 bits per heavy atom. The van der Waals surface area contributed by atoms with E-state index in [-0.39, 0.29) is 30.3 Å². The molecule has 0 radical (unpaired) electrons. The number of carbonyl (C=O) groups excluding carboxylic acids is 2. The first-order chi connectivity index (χ1) is 16.8. The van der Waals surface area contributed by atoms with E-state index in [1.165, 1.54) is 0 Å². The summed E-state index contributed by atoms with van der Waals surface area (Å²) in [6.07, 6.45) is 4.84. The van der Waals surface area contributed by atoms with Crippen LogP contribution in [0.2, 0.25) is 10.0 Å². The summed E-state index contributed by atoms with van der Waals surface area (Å²) in [7, 11) is 0. The van der Waals surface area contributed by atoms with E-state index in [4.69, 9.17) is 28.2 Å². The first-order valence-corrected chi connectivity index (χ1v) is 13.3. The van der Waals surface area contributed by atoms with Crippen molar-refractivity contribution in [2.75, 3.05) is 18.0 Å². The van der Waals surface area contributed by atoms with Crippen LogP contribution in [-0.2, 0) is 9.59 Å². The Morgan fingerprint density at radius 3 is 2.60 bits per heavy atom. The van der Waals surface area contributed by atoms with Crippen LogP contribution in [0.1, 0.15) is 64.0 Å². The van der Waals surface area contributed by atoms with Crippen LogP contribution in [-0.4, -0.2) is 47.6 Å². The molecule has 0 N–H and O–H groups in total. The van der Waals surface area contributed by atoms with Gasteiger partial charge in [0, 0.05) is 33.8 Å². The van der Waals surface area contributed by atoms with E-state index in [0.717, 1.165) is 44.2 Å². The molecule has 0 saturated carbocycles. The van der Waals surface area contributed by atoms with Crippen molar-refractivity contribution in [2.45, 2.75) is 65.0 Å². The molecule has 5 nitrogen and oxygen atoms in total. The molecule has 0 bridgehead atoms. The molecule has 35 heavy (non-hydrogen) atoms. The number of rotatable bonds is 6. The molecular weight excluding hydrogens is 481 g/mol. The van der Waals surface area contributed by atoms with Crippen molar-refractivity contribution in [3.63, 3.8) is 0 Å². The fourth-order valence-electron chi connectivity index (χ4n) is 5.08. The summed E-state index contributed by atoms with van der Waals surface area (Å²) in [6.45, 7) is 6.92. The van der Waals surface area contributed by atoms with Crippen molar-refractivity contribution in [2.24, 2.45) is 10.9 Å². The maximum Gasteiger partial charge on any atom is 0.252 e. The van der Waals surface area contributed by atoms with Crippen LogP contribution < -0.4 is 4.90 Å². The number of likely N-dealkylation sites (tertiary alicyclic amines) is 1. The number of benzene rings is 2. The van der Waals surface area contributed by atoms with E-state index >= 15 is 0 Å². The second-order valence-corrected chi connectivity index (χ2v) is 10.4. The average molecular weight is 514 g/mol. The van der Waals surface area contributed by atoms with Crippen molar-refractivity contribution in [3.8, 4) is 0 Å². The fraction of sp³-hybridized carbons (Fsp3) is 0.464. The molecule has 2 amide bonds. The first-order valence-electron chi connectivity index (χ1n) is 12.6. The van der Waals surface area contributed by atoms with Gasteiger partial charge in [-0.15, -0.1) is 0 Å². The smallest absolute Gasteiger partial charge is 0.252 e. The number of fused-ring (bicyclic) bond motifs is 1. The molecule has 7 heteroatoms. The lowest BCUT2D eigenvalue weighted by Crippen LogP contribution is -2.51. The fourth-order valence-corrected chi connectivity index (χ4v) is 5.48. The van der Waals surface area contributed by atoms with Gasteiger partial charge in [0.05, 0.1) is 11.4 Å². The number of piperidine rings is 1. The first kappa shape index (κ1) is 25.7. The average Bonchev–Trinajstić information content (AvgIpc) is 2.98. The predicted molar refractivity (Wildman–Crippen MR) is 144 cm³/mol. The third-order valence-electron chi connectivity index (χ3n) is 7.32. The third kappa shape index (κ3) is 5.26. The molecule has 2 aliphatic heterocycles. The SMILES string of the molecule is CC[C@H]1CCCCN1C(=O)CN1C(=O)[C@H]([C@@H](C)CC)N=C(c2ccccc2Cl)c2cc(Cl)ccc21. The van der Waals surface area contributed by atoms with Gasteiger partial charge in [-0.1, -0.05) is 68.6 Å². The Morgan fingerprint density at radius 2 is 1.89 bits per heavy atom. The molecule has 0 aromatic heterocycles. The minimum atomic E-state index is -0.631. The predicted octanol–water partition coefficient (Wildman–Crippen LogP) is 6.38. The molecule has 2 aromatic rings. The van der Waals surface area contributed by atoms with Crippen LogP contribution in [0.5, 0.6) is 0 Å². The number of aliphatic imine (C=N–C) groups is 1. The second kappa shape index (κ2) is 11.1. The highest BCUT2D eigenvalue weighted by Crippen LogP contribution is 2.34. The van der Waals surface area contributed by atoms with Gasteiger partial charge in [0.25, 0.3) is 5.91 Å². The molecule has 0 spiro atoms. The van der Waals surface area contributed by atoms with Gasteiger partial charge < -0.3 is 9.80 Å². The molecule has 1 fully saturated rings. The van der Waals surface area contributed by atoms with E-state index in [0.29, 0.717) is 27.0 Å². The Hall–Kier alpha value is -2.37. The number of nitrogens with zero attached hydrogens (tertiary/aromatic N) is 3. The Kier molecular flexibility index (Phi) is 8.18. The van der Waals surface area contributed by atoms with Gasteiger partial charge in [-0.25, -0.2) is 0 Å². The van der Waals surface area contributed by atoms with Crippen LogP contribution in [0.3, 0.4) is 0 Å². The van der Waals surface area contributed by atoms with Gasteiger partial charge >= 0.3 is 0 Å². The normalized spacial score (nSPS) is 21.3. The lowest BCUT2D eigenvalue weighted by molar-refractivity contribution is -0.135. The summed E-state index contributed by atoms with van der Waals surface area (Å²) in [6, 6.07) is 12.5. The molecule has 1 saturated heterocycles. The van der Waals surface area contributed by atoms with Gasteiger partial charge in [-0.05, 0) is 55.9 Å². The third-order valence-corrected chi connectivity index (χ3v) is 7.88. The summed E-state index contributed by atoms with van der Waals surface area (Å²) in [5, 5.41) is 1.09. The molecule has 186 valence electrons. The lowest BCUT2D eigenvalue weighted by Gasteiger charge is -2.37. The van der Waals surface area contributed by atoms with Gasteiger partial charge in [0.1, 0.15) is 12.6 Å². The molecule has 2 aliphatic rings. The summed E-state index contributed by atoms with van der Waals surface area (Å²) in [5.41, 5.74) is 2.73. The zero-order chi connectivity index (χ0) is 25.1. The highest BCUT2D eigenvalue weighted by molar-refractivity contribution is 6.37. The Bertz CT molecular complexity index is 1130. The number of anilines is 1. The quantitative estimate of drug-likeness (QED) is 0.449. The monoisotopic (exact) mass is 513 g/mol. The zero-order valence-electron chi connectivity index (χ0n) is 20.6. The highest BCUT2D eigenvalue weighted by Gasteiger charge is 2.37. The molecule has 2 aromatic carbocycles. The van der Waals surface area contributed by atoms with Crippen molar-refractivity contribution >= 4 is 46.4 Å². The van der Waals surface area contributed by atoms with Gasteiger partial charge in [0.15, 0.2) is 0 Å². The molecule has 4 rings (SSSR count). The molecule has 0 aliphatic carbocycles. The summed E-state index contributed by atoms with van der Waals surface area (Å²) >= 11 is 13.0. The van der Waals surface area contributed by atoms with Crippen LogP contribution >= 0.6 is 23.2 Å². The van der Waals surface area contributed by atoms with Gasteiger partial charge in [0.2, 0.25) is 5.91 Å². The minimum Gasteiger partial charge on any atom is -0.338 e. The maximum absolute atomic E-state index is 14.0. The van der Waals surface area contributed by atoms with E-state index in [1.54, 1.807) is 11.0 Å². The minimum absolute atomic E-state index is 0.0117. The van der Waals surface area contributed by atoms with Gasteiger partial charge in [-0.3, -0.25) is 14.6 Å². The van der Waals surface area contributed by atoms with Crippen LogP contribution in [0, 0.1) is 5.92 Å². The number of halogens is 2. The molecular formula is C28H33Cl2N3O2. The Balaban J connectivity index is 1.83. The number of hydrogen-bond acceptors (Lipinski definition) is 3. The number of hydrogen-bond donors (Lipinski definition) is 0. The maximum atomic E-state index is 14.0. The largest absolute Gasteiger partial charge is 0.338 e. The zero-order valence-corrected chi connectivity index (χ0v) is 22.1. The van der Waals surface area contributed by atoms with Crippen molar-refractivity contribution in [1.82, 2.24) is 4.90 Å². The highest BCUT2D eigenvalue weighted by atomic mass is 35.5. The van der Waals surface area contributed by atoms with Crippen LogP contribution in [0.4, 0.5) is 5.69 Å². The lowest BCUT2D eigenvalue weighted by atomic mass is 9.97. The number of carbonyl (C=O) groups is 2. The van der Waals surface area contributed by atoms with Crippen LogP contribution in [0.15, 0.2) is 47.5 Å². The summed E-state index contributed by atoms with van der Waals surface area (Å²) in [5.74, 6) is -0.195. The summed E-state index contributed by atoms with van der Waals surface area (Å²) in [4.78, 5) is 36.2. The molecule has 0 unspecified atom stereocenters. The molecule has 3 atom stereocenters. The Labute approximate surface area is 218 Å². The summed E-state index contributed by atoms with van der Waals surface area (Å²) < 4.78 is 0. The van der Waals surface area contributed by atoms with Crippen molar-refractivity contribution in [3.05, 3.63) is 63.6 Å². The van der Waals surface area contributed by atoms with Crippen molar-refractivity contribution < 1.29 is 9.59 Å². The van der Waals surface area contributed by atoms with E-state index in [1.807, 2.05) is 55.1 Å². The van der Waals surface area contributed by atoms with E-state index in [9.17, 15) is 9.59 Å². The topological polar surface area (TPSA) is 53.0 Å². The van der Waals surface area contributed by atoms with Gasteiger partial charge in [-0.2, -0.15) is 0 Å². The van der Waals surface area contributed by atoms with E-state index in [2.05, 4.69) is 6.92 Å². The second-order valence-electron chi connectivity index (χ2n) is 9.52. The van der Waals surface area contributed by atoms with Crippen LogP contribution in [0.25, 0.3) is 0 Å². The molecule has 2 heterocycles. The number of benzodiazepines with no additional fused rings is 1. The number of amides is 2. The van der Waals surface area contributed by atoms with E-state index < -0.39 is 6.04 Å².